The lowest BCUT2D eigenvalue weighted by Gasteiger charge is -2.28. The maximum absolute atomic E-state index is 13.4. The van der Waals surface area contributed by atoms with Crippen LogP contribution >= 0.6 is 0 Å². The minimum absolute atomic E-state index is 0.0727. The molecule has 1 aromatic carbocycles. The molecule has 0 unspecified atom stereocenters. The predicted molar refractivity (Wildman–Crippen MR) is 141 cm³/mol. The number of rotatable bonds is 5. The zero-order valence-electron chi connectivity index (χ0n) is 21.5. The molecule has 2 aliphatic carbocycles. The molecular formula is C27H31N5O5S. The number of pyridine rings is 1. The van der Waals surface area contributed by atoms with E-state index in [4.69, 9.17) is 9.72 Å². The van der Waals surface area contributed by atoms with Crippen molar-refractivity contribution in [3.63, 3.8) is 0 Å². The van der Waals surface area contributed by atoms with Crippen LogP contribution < -0.4 is 5.32 Å². The van der Waals surface area contributed by atoms with Crippen molar-refractivity contribution in [2.75, 3.05) is 0 Å². The molecule has 3 heterocycles. The molecule has 1 amide bonds. The second kappa shape index (κ2) is 8.81. The van der Waals surface area contributed by atoms with Crippen LogP contribution in [0.3, 0.4) is 0 Å². The number of hydrogen-bond acceptors (Lipinski definition) is 7. The fourth-order valence-electron chi connectivity index (χ4n) is 6.07. The smallest absolute Gasteiger partial charge is 0.408 e. The summed E-state index contributed by atoms with van der Waals surface area (Å²) >= 11 is 0. The largest absolute Gasteiger partial charge is 0.444 e. The van der Waals surface area contributed by atoms with Crippen LogP contribution in [0, 0.1) is 11.8 Å². The van der Waals surface area contributed by atoms with E-state index >= 15 is 0 Å². The standard InChI is InChI=1S/C27H31N5O5S/c1-27(2,3)37-26(34)29-15-23-30-20-14-28-25-19(9-10-31(25)38(35,36)18-7-5-4-6-8-18)24(20)32(23)21-12-17-11-16(21)13-22(17)33/h4-10,14,16-17,21-22,33H,11-13,15H2,1-3H3,(H,29,34)/t16-,17-,21+,22+/m0/s1. The Hall–Kier alpha value is -3.44. The third-order valence-electron chi connectivity index (χ3n) is 7.61. The molecule has 2 fully saturated rings. The highest BCUT2D eigenvalue weighted by molar-refractivity contribution is 7.90. The number of aliphatic hydroxyl groups excluding tert-OH is 1. The molecule has 0 aliphatic heterocycles. The van der Waals surface area contributed by atoms with E-state index in [-0.39, 0.29) is 35.4 Å². The Balaban J connectivity index is 1.47. The van der Waals surface area contributed by atoms with Crippen molar-refractivity contribution in [3.8, 4) is 0 Å². The first kappa shape index (κ1) is 24.9. The van der Waals surface area contributed by atoms with Gasteiger partial charge in [0.2, 0.25) is 0 Å². The van der Waals surface area contributed by atoms with Gasteiger partial charge < -0.3 is 19.7 Å². The average molecular weight is 538 g/mol. The van der Waals surface area contributed by atoms with Gasteiger partial charge in [0.05, 0.1) is 29.3 Å². The summed E-state index contributed by atoms with van der Waals surface area (Å²) in [6, 6.07) is 10.1. The van der Waals surface area contributed by atoms with Gasteiger partial charge in [0.15, 0.2) is 5.65 Å². The van der Waals surface area contributed by atoms with Crippen LogP contribution in [-0.2, 0) is 21.3 Å². The van der Waals surface area contributed by atoms with Crippen LogP contribution in [0.15, 0.2) is 53.7 Å². The van der Waals surface area contributed by atoms with E-state index < -0.39 is 21.7 Å². The lowest BCUT2D eigenvalue weighted by molar-refractivity contribution is 0.0521. The van der Waals surface area contributed by atoms with E-state index in [1.165, 1.54) is 10.2 Å². The zero-order valence-corrected chi connectivity index (χ0v) is 22.4. The van der Waals surface area contributed by atoms with Crippen molar-refractivity contribution in [2.45, 2.75) is 69.2 Å². The number of fused-ring (bicyclic) bond motifs is 5. The summed E-state index contributed by atoms with van der Waals surface area (Å²) in [7, 11) is -3.85. The lowest BCUT2D eigenvalue weighted by atomic mass is 9.92. The van der Waals surface area contributed by atoms with Gasteiger partial charge >= 0.3 is 6.09 Å². The molecule has 4 aromatic rings. The summed E-state index contributed by atoms with van der Waals surface area (Å²) in [4.78, 5) is 21.9. The van der Waals surface area contributed by atoms with Crippen molar-refractivity contribution >= 4 is 38.2 Å². The minimum atomic E-state index is -3.85. The predicted octanol–water partition coefficient (Wildman–Crippen LogP) is 3.98. The number of hydrogen-bond donors (Lipinski definition) is 2. The van der Waals surface area contributed by atoms with Gasteiger partial charge in [-0.1, -0.05) is 18.2 Å². The fourth-order valence-corrected chi connectivity index (χ4v) is 7.40. The molecule has 2 N–H and O–H groups in total. The SMILES string of the molecule is CC(C)(C)OC(=O)NCc1nc2cnc3c(ccn3S(=O)(=O)c3ccccc3)c2n1[C@@H]1C[C@@H]2C[C@H]1C[C@H]2O. The molecule has 2 saturated carbocycles. The number of nitrogens with zero attached hydrogens (tertiary/aromatic N) is 4. The quantitative estimate of drug-likeness (QED) is 0.394. The first-order valence-corrected chi connectivity index (χ1v) is 14.3. The second-order valence-electron chi connectivity index (χ2n) is 11.3. The van der Waals surface area contributed by atoms with E-state index in [9.17, 15) is 18.3 Å². The van der Waals surface area contributed by atoms with Crippen molar-refractivity contribution in [3.05, 3.63) is 54.6 Å². The normalized spacial score (nSPS) is 23.4. The Bertz CT molecular complexity index is 1640. The van der Waals surface area contributed by atoms with E-state index in [1.54, 1.807) is 63.4 Å². The summed E-state index contributed by atoms with van der Waals surface area (Å²) in [5, 5.41) is 13.9. The monoisotopic (exact) mass is 537 g/mol. The molecule has 6 rings (SSSR count). The number of imidazole rings is 1. The first-order valence-electron chi connectivity index (χ1n) is 12.9. The molecule has 2 bridgehead atoms. The van der Waals surface area contributed by atoms with Crippen LogP contribution in [0.25, 0.3) is 22.1 Å². The maximum Gasteiger partial charge on any atom is 0.408 e. The third-order valence-corrected chi connectivity index (χ3v) is 9.29. The topological polar surface area (TPSA) is 128 Å². The van der Waals surface area contributed by atoms with Gasteiger partial charge in [-0.3, -0.25) is 0 Å². The highest BCUT2D eigenvalue weighted by Crippen LogP contribution is 2.52. The number of carbonyl (C=O) groups excluding carboxylic acids is 1. The molecule has 11 heteroatoms. The number of ether oxygens (including phenoxy) is 1. The van der Waals surface area contributed by atoms with Crippen LogP contribution in [-0.4, -0.2) is 49.8 Å². The number of carbonyl (C=O) groups is 1. The Kier molecular flexibility index (Phi) is 5.76. The Morgan fingerprint density at radius 2 is 1.89 bits per heavy atom. The fraction of sp³-hybridized carbons (Fsp3) is 0.444. The third kappa shape index (κ3) is 4.14. The van der Waals surface area contributed by atoms with Crippen LogP contribution in [0.5, 0.6) is 0 Å². The van der Waals surface area contributed by atoms with Crippen LogP contribution in [0.4, 0.5) is 4.79 Å². The van der Waals surface area contributed by atoms with Gasteiger partial charge in [-0.2, -0.15) is 0 Å². The lowest BCUT2D eigenvalue weighted by Crippen LogP contribution is -2.33. The number of benzene rings is 1. The molecule has 4 atom stereocenters. The van der Waals surface area contributed by atoms with Crippen molar-refractivity contribution in [2.24, 2.45) is 11.8 Å². The van der Waals surface area contributed by atoms with Gasteiger partial charge in [0, 0.05) is 17.6 Å². The summed E-state index contributed by atoms with van der Waals surface area (Å²) in [5.74, 6) is 1.13. The number of nitrogens with one attached hydrogen (secondary N) is 1. The Labute approximate surface area is 220 Å². The van der Waals surface area contributed by atoms with E-state index in [2.05, 4.69) is 14.9 Å². The number of amides is 1. The Morgan fingerprint density at radius 3 is 2.55 bits per heavy atom. The number of aromatic nitrogens is 4. The van der Waals surface area contributed by atoms with Gasteiger partial charge in [0.1, 0.15) is 16.9 Å². The van der Waals surface area contributed by atoms with Gasteiger partial charge in [-0.25, -0.2) is 27.2 Å². The molecule has 2 aliphatic rings. The molecule has 0 spiro atoms. The summed E-state index contributed by atoms with van der Waals surface area (Å²) in [6.45, 7) is 5.56. The summed E-state index contributed by atoms with van der Waals surface area (Å²) in [6.07, 6.45) is 4.72. The second-order valence-corrected chi connectivity index (χ2v) is 13.1. The van der Waals surface area contributed by atoms with Gasteiger partial charge in [-0.05, 0) is 70.1 Å². The first-order chi connectivity index (χ1) is 18.0. The van der Waals surface area contributed by atoms with E-state index in [1.807, 2.05) is 0 Å². The van der Waals surface area contributed by atoms with Crippen molar-refractivity contribution < 1.29 is 23.1 Å². The zero-order chi connectivity index (χ0) is 26.8. The van der Waals surface area contributed by atoms with Gasteiger partial charge in [-0.15, -0.1) is 0 Å². The molecule has 200 valence electrons. The van der Waals surface area contributed by atoms with Crippen molar-refractivity contribution in [1.82, 2.24) is 23.8 Å². The molecule has 0 saturated heterocycles. The average Bonchev–Trinajstić information content (AvgIpc) is 3.62. The highest BCUT2D eigenvalue weighted by atomic mass is 32.2. The Morgan fingerprint density at radius 1 is 1.13 bits per heavy atom. The number of aliphatic hydroxyl groups is 1. The van der Waals surface area contributed by atoms with Crippen LogP contribution in [0.1, 0.15) is 51.9 Å². The minimum Gasteiger partial charge on any atom is -0.444 e. The van der Waals surface area contributed by atoms with Crippen molar-refractivity contribution in [1.29, 1.82) is 0 Å². The summed E-state index contributed by atoms with van der Waals surface area (Å²) in [5.41, 5.74) is 1.09. The van der Waals surface area contributed by atoms with Crippen LogP contribution in [0.2, 0.25) is 0 Å². The van der Waals surface area contributed by atoms with Gasteiger partial charge in [0.25, 0.3) is 10.0 Å². The van der Waals surface area contributed by atoms with E-state index in [0.29, 0.717) is 28.8 Å². The molecule has 38 heavy (non-hydrogen) atoms. The molecular weight excluding hydrogens is 506 g/mol. The highest BCUT2D eigenvalue weighted by Gasteiger charge is 2.47. The molecule has 3 aromatic heterocycles. The summed E-state index contributed by atoms with van der Waals surface area (Å²) < 4.78 is 35.6. The van der Waals surface area contributed by atoms with E-state index in [0.717, 1.165) is 18.4 Å². The maximum atomic E-state index is 13.4. The molecule has 10 nitrogen and oxygen atoms in total. The molecule has 0 radical (unpaired) electrons. The number of alkyl carbamates (subject to hydrolysis) is 1.